The van der Waals surface area contributed by atoms with Gasteiger partial charge in [-0.1, -0.05) is 0 Å². The Morgan fingerprint density at radius 2 is 2.33 bits per heavy atom. The smallest absolute Gasteiger partial charge is 0.304 e. The van der Waals surface area contributed by atoms with E-state index in [0.717, 1.165) is 0 Å². The maximum atomic E-state index is 11.5. The van der Waals surface area contributed by atoms with Gasteiger partial charge in [0.25, 0.3) is 10.0 Å². The number of aromatic amines is 1. The van der Waals surface area contributed by atoms with Crippen LogP contribution < -0.4 is 4.72 Å². The van der Waals surface area contributed by atoms with E-state index >= 15 is 0 Å². The topological polar surface area (TPSA) is 112 Å². The highest BCUT2D eigenvalue weighted by Crippen LogP contribution is 2.04. The molecule has 0 aliphatic rings. The molecule has 7 nitrogen and oxygen atoms in total. The molecule has 0 amide bonds. The Kier molecular flexibility index (Phi) is 3.43. The number of carboxylic acids is 1. The number of sulfonamides is 1. The molecule has 0 aromatic carbocycles. The Morgan fingerprint density at radius 1 is 1.67 bits per heavy atom. The van der Waals surface area contributed by atoms with Gasteiger partial charge >= 0.3 is 5.97 Å². The highest BCUT2D eigenvalue weighted by atomic mass is 32.2. The lowest BCUT2D eigenvalue weighted by Crippen LogP contribution is -2.26. The number of hydrogen-bond donors (Lipinski definition) is 3. The van der Waals surface area contributed by atoms with Gasteiger partial charge < -0.3 is 10.1 Å². The molecule has 0 saturated carbocycles. The lowest BCUT2D eigenvalue weighted by Gasteiger charge is -2.01. The van der Waals surface area contributed by atoms with Crippen LogP contribution in [0.1, 0.15) is 12.2 Å². The molecule has 0 saturated heterocycles. The van der Waals surface area contributed by atoms with E-state index in [1.165, 1.54) is 6.20 Å². The number of carboxylic acid groups (broad SMARTS) is 1. The third-order valence-electron chi connectivity index (χ3n) is 1.60. The number of imidazole rings is 1. The van der Waals surface area contributed by atoms with Crippen molar-refractivity contribution in [1.29, 1.82) is 0 Å². The van der Waals surface area contributed by atoms with E-state index in [1.54, 1.807) is 6.92 Å². The molecule has 1 heterocycles. The zero-order chi connectivity index (χ0) is 11.5. The third kappa shape index (κ3) is 3.33. The third-order valence-corrected chi connectivity index (χ3v) is 2.97. The number of aromatic nitrogens is 2. The first-order valence-corrected chi connectivity index (χ1v) is 5.63. The molecule has 0 aliphatic heterocycles. The van der Waals surface area contributed by atoms with Crippen molar-refractivity contribution in [1.82, 2.24) is 14.7 Å². The van der Waals surface area contributed by atoms with Gasteiger partial charge in [-0.3, -0.25) is 4.79 Å². The van der Waals surface area contributed by atoms with Gasteiger partial charge in [0.1, 0.15) is 5.82 Å². The minimum absolute atomic E-state index is 0.0645. The molecule has 0 unspecified atom stereocenters. The van der Waals surface area contributed by atoms with Gasteiger partial charge in [-0.05, 0) is 6.92 Å². The molecule has 1 aromatic rings. The van der Waals surface area contributed by atoms with E-state index in [9.17, 15) is 13.2 Å². The molecule has 0 spiro atoms. The van der Waals surface area contributed by atoms with Gasteiger partial charge in [0.2, 0.25) is 0 Å². The van der Waals surface area contributed by atoms with Crippen molar-refractivity contribution in [2.75, 3.05) is 6.54 Å². The molecule has 1 rings (SSSR count). The first kappa shape index (κ1) is 11.7. The number of carbonyl (C=O) groups is 1. The molecule has 84 valence electrons. The number of aryl methyl sites for hydroxylation is 1. The number of nitrogens with zero attached hydrogens (tertiary/aromatic N) is 1. The second kappa shape index (κ2) is 4.41. The van der Waals surface area contributed by atoms with Crippen LogP contribution in [-0.2, 0) is 14.8 Å². The van der Waals surface area contributed by atoms with Crippen LogP contribution in [0.4, 0.5) is 0 Å². The summed E-state index contributed by atoms with van der Waals surface area (Å²) in [5, 5.41) is 8.27. The quantitative estimate of drug-likeness (QED) is 0.633. The van der Waals surface area contributed by atoms with Crippen LogP contribution in [0.2, 0.25) is 0 Å². The summed E-state index contributed by atoms with van der Waals surface area (Å²) in [6.45, 7) is 1.48. The van der Waals surface area contributed by atoms with Crippen molar-refractivity contribution in [3.8, 4) is 0 Å². The average Bonchev–Trinajstić information content (AvgIpc) is 2.51. The SMILES string of the molecule is Cc1ncc(S(=O)(=O)NCCC(=O)O)[nH]1. The summed E-state index contributed by atoms with van der Waals surface area (Å²) >= 11 is 0. The zero-order valence-corrected chi connectivity index (χ0v) is 8.84. The van der Waals surface area contributed by atoms with E-state index in [-0.39, 0.29) is 18.0 Å². The van der Waals surface area contributed by atoms with E-state index in [0.29, 0.717) is 5.82 Å². The summed E-state index contributed by atoms with van der Waals surface area (Å²) < 4.78 is 25.0. The van der Waals surface area contributed by atoms with Gasteiger partial charge in [0.15, 0.2) is 5.03 Å². The molecular formula is C7H11N3O4S. The summed E-state index contributed by atoms with van der Waals surface area (Å²) in [6.07, 6.45) is 0.921. The largest absolute Gasteiger partial charge is 0.481 e. The number of H-pyrrole nitrogens is 1. The first-order chi connectivity index (χ1) is 6.92. The van der Waals surface area contributed by atoms with Gasteiger partial charge in [-0.2, -0.15) is 0 Å². The maximum Gasteiger partial charge on any atom is 0.304 e. The van der Waals surface area contributed by atoms with Crippen molar-refractivity contribution >= 4 is 16.0 Å². The van der Waals surface area contributed by atoms with E-state index in [4.69, 9.17) is 5.11 Å². The molecule has 15 heavy (non-hydrogen) atoms. The van der Waals surface area contributed by atoms with Crippen LogP contribution in [0.5, 0.6) is 0 Å². The number of rotatable bonds is 5. The monoisotopic (exact) mass is 233 g/mol. The molecular weight excluding hydrogens is 222 g/mol. The molecule has 0 fully saturated rings. The zero-order valence-electron chi connectivity index (χ0n) is 8.02. The molecule has 3 N–H and O–H groups in total. The van der Waals surface area contributed by atoms with Crippen molar-refractivity contribution in [2.45, 2.75) is 18.4 Å². The lowest BCUT2D eigenvalue weighted by molar-refractivity contribution is -0.136. The predicted octanol–water partition coefficient (Wildman–Crippen LogP) is -0.529. The van der Waals surface area contributed by atoms with Crippen LogP contribution in [0.3, 0.4) is 0 Å². The standard InChI is InChI=1S/C7H11N3O4S/c1-5-8-4-6(10-5)15(13,14)9-3-2-7(11)12/h4,9H,2-3H2,1H3,(H,8,10)(H,11,12). The van der Waals surface area contributed by atoms with Crippen LogP contribution in [0, 0.1) is 6.92 Å². The maximum absolute atomic E-state index is 11.5. The van der Waals surface area contributed by atoms with Crippen LogP contribution in [0.25, 0.3) is 0 Å². The number of hydrogen-bond acceptors (Lipinski definition) is 4. The molecule has 1 aromatic heterocycles. The molecule has 8 heteroatoms. The average molecular weight is 233 g/mol. The highest BCUT2D eigenvalue weighted by Gasteiger charge is 2.15. The van der Waals surface area contributed by atoms with Crippen molar-refractivity contribution < 1.29 is 18.3 Å². The van der Waals surface area contributed by atoms with Crippen molar-refractivity contribution in [2.24, 2.45) is 0 Å². The van der Waals surface area contributed by atoms with Crippen LogP contribution >= 0.6 is 0 Å². The van der Waals surface area contributed by atoms with Crippen LogP contribution in [0.15, 0.2) is 11.2 Å². The van der Waals surface area contributed by atoms with E-state index in [2.05, 4.69) is 14.7 Å². The highest BCUT2D eigenvalue weighted by molar-refractivity contribution is 7.89. The fourth-order valence-electron chi connectivity index (χ4n) is 0.905. The summed E-state index contributed by atoms with van der Waals surface area (Å²) in [6, 6.07) is 0. The minimum atomic E-state index is -3.67. The normalized spacial score (nSPS) is 11.5. The summed E-state index contributed by atoms with van der Waals surface area (Å²) in [4.78, 5) is 16.5. The lowest BCUT2D eigenvalue weighted by atomic mass is 10.5. The summed E-state index contributed by atoms with van der Waals surface area (Å²) in [5.74, 6) is -0.577. The fourth-order valence-corrected chi connectivity index (χ4v) is 1.90. The Hall–Kier alpha value is -1.41. The Morgan fingerprint density at radius 3 is 2.80 bits per heavy atom. The second-order valence-electron chi connectivity index (χ2n) is 2.87. The molecule has 0 aliphatic carbocycles. The summed E-state index contributed by atoms with van der Waals surface area (Å²) in [7, 11) is -3.67. The first-order valence-electron chi connectivity index (χ1n) is 4.15. The van der Waals surface area contributed by atoms with Gasteiger partial charge in [-0.25, -0.2) is 18.1 Å². The fraction of sp³-hybridized carbons (Fsp3) is 0.429. The van der Waals surface area contributed by atoms with Gasteiger partial charge in [-0.15, -0.1) is 0 Å². The summed E-state index contributed by atoms with van der Waals surface area (Å²) in [5.41, 5.74) is 0. The Balaban J connectivity index is 2.64. The van der Waals surface area contributed by atoms with Gasteiger partial charge in [0, 0.05) is 6.54 Å². The molecule has 0 bridgehead atoms. The molecule has 0 radical (unpaired) electrons. The predicted molar refractivity (Wildman–Crippen MR) is 50.8 cm³/mol. The minimum Gasteiger partial charge on any atom is -0.481 e. The molecule has 0 atom stereocenters. The van der Waals surface area contributed by atoms with Crippen LogP contribution in [-0.4, -0.2) is 36.0 Å². The van der Waals surface area contributed by atoms with Gasteiger partial charge in [0.05, 0.1) is 12.6 Å². The second-order valence-corrected chi connectivity index (χ2v) is 4.61. The Bertz CT molecular complexity index is 451. The number of nitrogens with one attached hydrogen (secondary N) is 2. The van der Waals surface area contributed by atoms with E-state index in [1.807, 2.05) is 0 Å². The van der Waals surface area contributed by atoms with E-state index < -0.39 is 16.0 Å². The van der Waals surface area contributed by atoms with Crippen molar-refractivity contribution in [3.63, 3.8) is 0 Å². The Labute approximate surface area is 86.6 Å². The number of aliphatic carboxylic acids is 1. The van der Waals surface area contributed by atoms with Crippen molar-refractivity contribution in [3.05, 3.63) is 12.0 Å².